The summed E-state index contributed by atoms with van der Waals surface area (Å²) in [6.45, 7) is 0. The van der Waals surface area contributed by atoms with Crippen molar-refractivity contribution in [2.75, 3.05) is 0 Å². The third kappa shape index (κ3) is 3.29. The summed E-state index contributed by atoms with van der Waals surface area (Å²) < 4.78 is 20.8. The van der Waals surface area contributed by atoms with Crippen LogP contribution in [0.2, 0.25) is 0 Å². The van der Waals surface area contributed by atoms with Gasteiger partial charge in [-0.1, -0.05) is 4.36 Å². The Morgan fingerprint density at radius 1 is 1.50 bits per heavy atom. The van der Waals surface area contributed by atoms with Crippen molar-refractivity contribution in [2.24, 2.45) is 4.36 Å². The zero-order valence-corrected chi connectivity index (χ0v) is 3.47. The Morgan fingerprint density at radius 3 is 2.00 bits per heavy atom. The van der Waals surface area contributed by atoms with Gasteiger partial charge in [0.25, 0.3) is 0 Å². The Hall–Kier alpha value is -0.710. The fourth-order valence-corrected chi connectivity index (χ4v) is 0.105. The molecule has 0 saturated heterocycles. The highest BCUT2D eigenvalue weighted by Crippen LogP contribution is 1.45. The quantitative estimate of drug-likeness (QED) is 0.412. The predicted octanol–water partition coefficient (Wildman–Crippen LogP) is -0.794. The first-order valence-electron chi connectivity index (χ1n) is 1.01. The van der Waals surface area contributed by atoms with Crippen LogP contribution in [0, 0.1) is 0 Å². The van der Waals surface area contributed by atoms with Gasteiger partial charge < -0.3 is 0 Å². The van der Waals surface area contributed by atoms with Crippen LogP contribution in [0.25, 0.3) is 0 Å². The van der Waals surface area contributed by atoms with E-state index in [1.165, 1.54) is 0 Å². The monoisotopic (exact) mass is 107 g/mol. The van der Waals surface area contributed by atoms with E-state index in [-0.39, 0.29) is 6.41 Å². The van der Waals surface area contributed by atoms with Crippen LogP contribution in [0.4, 0.5) is 0 Å². The average molecular weight is 107 g/mol. The Labute approximate surface area is 35.5 Å². The Balaban J connectivity index is 4.17. The molecular formula is CHNO3S. The number of carbonyl (C=O) groups is 1. The molecule has 0 atom stereocenters. The molecule has 0 saturated carbocycles. The van der Waals surface area contributed by atoms with Crippen molar-refractivity contribution in [3.05, 3.63) is 0 Å². The summed E-state index contributed by atoms with van der Waals surface area (Å²) in [7, 11) is -2.56. The van der Waals surface area contributed by atoms with E-state index in [0.29, 0.717) is 0 Å². The van der Waals surface area contributed by atoms with Crippen molar-refractivity contribution in [1.29, 1.82) is 0 Å². The number of rotatable bonds is 1. The standard InChI is InChI=1S/CHNO3S/c3-1-2-6(4)5/h1H. The number of hydrogen-bond donors (Lipinski definition) is 0. The zero-order chi connectivity index (χ0) is 4.99. The second-order valence-corrected chi connectivity index (χ2v) is 1.07. The molecule has 0 aliphatic rings. The summed E-state index contributed by atoms with van der Waals surface area (Å²) >= 11 is 0. The fraction of sp³-hybridized carbons (Fsp3) is 0. The van der Waals surface area contributed by atoms with Gasteiger partial charge in [-0.05, 0) is 0 Å². The van der Waals surface area contributed by atoms with Crippen molar-refractivity contribution in [3.8, 4) is 0 Å². The largest absolute Gasteiger partial charge is 0.318 e. The molecule has 0 rings (SSSR count). The maximum atomic E-state index is 9.20. The minimum absolute atomic E-state index is 0.0386. The van der Waals surface area contributed by atoms with Gasteiger partial charge in [0.1, 0.15) is 0 Å². The van der Waals surface area contributed by atoms with Gasteiger partial charge in [-0.15, -0.1) is 0 Å². The summed E-state index contributed by atoms with van der Waals surface area (Å²) in [4.78, 5) is 9.06. The molecule has 6 heavy (non-hydrogen) atoms. The third-order valence-electron chi connectivity index (χ3n) is 0.129. The highest BCUT2D eigenvalue weighted by atomic mass is 32.2. The topological polar surface area (TPSA) is 63.6 Å². The lowest BCUT2D eigenvalue weighted by Crippen LogP contribution is -1.56. The van der Waals surface area contributed by atoms with Gasteiger partial charge in [0.15, 0.2) is 0 Å². The van der Waals surface area contributed by atoms with Crippen molar-refractivity contribution in [1.82, 2.24) is 0 Å². The summed E-state index contributed by atoms with van der Waals surface area (Å²) in [5.41, 5.74) is 0. The molecule has 5 heteroatoms. The molecule has 0 spiro atoms. The first-order chi connectivity index (χ1) is 2.77. The van der Waals surface area contributed by atoms with E-state index in [1.54, 1.807) is 0 Å². The van der Waals surface area contributed by atoms with E-state index in [9.17, 15) is 8.42 Å². The second kappa shape index (κ2) is 2.52. The molecule has 0 bridgehead atoms. The van der Waals surface area contributed by atoms with E-state index in [1.807, 2.05) is 0 Å². The highest BCUT2D eigenvalue weighted by Gasteiger charge is 1.58. The van der Waals surface area contributed by atoms with Gasteiger partial charge in [0.2, 0.25) is 6.41 Å². The first kappa shape index (κ1) is 5.29. The number of nitrogens with zero attached hydrogens (tertiary/aromatic N) is 1. The van der Waals surface area contributed by atoms with Gasteiger partial charge in [-0.2, -0.15) is 8.42 Å². The molecular weight excluding hydrogens is 106 g/mol. The lowest BCUT2D eigenvalue weighted by Gasteiger charge is -1.43. The van der Waals surface area contributed by atoms with Crippen LogP contribution < -0.4 is 0 Å². The van der Waals surface area contributed by atoms with Crippen LogP contribution >= 0.6 is 0 Å². The molecule has 4 nitrogen and oxygen atoms in total. The minimum atomic E-state index is -2.56. The molecule has 0 radical (unpaired) electrons. The van der Waals surface area contributed by atoms with Crippen LogP contribution in [-0.2, 0) is 15.3 Å². The minimum Gasteiger partial charge on any atom is -0.275 e. The summed E-state index contributed by atoms with van der Waals surface area (Å²) in [5.74, 6) is 0. The van der Waals surface area contributed by atoms with E-state index in [2.05, 4.69) is 4.36 Å². The summed E-state index contributed by atoms with van der Waals surface area (Å²) in [6, 6.07) is 0. The summed E-state index contributed by atoms with van der Waals surface area (Å²) in [6.07, 6.45) is -0.0386. The zero-order valence-electron chi connectivity index (χ0n) is 2.66. The molecule has 0 aliphatic carbocycles. The molecule has 1 amide bonds. The van der Waals surface area contributed by atoms with E-state index < -0.39 is 10.5 Å². The lowest BCUT2D eigenvalue weighted by molar-refractivity contribution is -0.106. The molecule has 0 heterocycles. The Kier molecular flexibility index (Phi) is 2.22. The Bertz CT molecular complexity index is 146. The average Bonchev–Trinajstić information content (AvgIpc) is 1.35. The number of amides is 1. The van der Waals surface area contributed by atoms with Crippen molar-refractivity contribution >= 4 is 16.9 Å². The van der Waals surface area contributed by atoms with Crippen molar-refractivity contribution in [3.63, 3.8) is 0 Å². The van der Waals surface area contributed by atoms with Crippen LogP contribution in [0.15, 0.2) is 4.36 Å². The van der Waals surface area contributed by atoms with Crippen LogP contribution in [0.3, 0.4) is 0 Å². The van der Waals surface area contributed by atoms with Gasteiger partial charge in [0.05, 0.1) is 0 Å². The molecule has 0 N–H and O–H groups in total. The molecule has 0 unspecified atom stereocenters. The van der Waals surface area contributed by atoms with Crippen molar-refractivity contribution in [2.45, 2.75) is 0 Å². The maximum absolute atomic E-state index is 9.20. The normalized spacial score (nSPS) is 6.67. The molecule has 34 valence electrons. The van der Waals surface area contributed by atoms with E-state index >= 15 is 0 Å². The highest BCUT2D eigenvalue weighted by molar-refractivity contribution is 7.62. The van der Waals surface area contributed by atoms with Crippen LogP contribution in [0.1, 0.15) is 0 Å². The Morgan fingerprint density at radius 2 is 2.00 bits per heavy atom. The second-order valence-electron chi connectivity index (χ2n) is 0.428. The van der Waals surface area contributed by atoms with Gasteiger partial charge >= 0.3 is 10.5 Å². The van der Waals surface area contributed by atoms with Crippen molar-refractivity contribution < 1.29 is 13.2 Å². The molecule has 0 aromatic heterocycles. The van der Waals surface area contributed by atoms with Gasteiger partial charge in [-0.3, -0.25) is 4.79 Å². The smallest absolute Gasteiger partial charge is 0.275 e. The van der Waals surface area contributed by atoms with E-state index in [4.69, 9.17) is 4.79 Å². The number of carbonyl (C=O) groups excluding carboxylic acids is 1. The molecule has 0 aromatic carbocycles. The number of hydrogen-bond acceptors (Lipinski definition) is 3. The van der Waals surface area contributed by atoms with Gasteiger partial charge in [-0.25, -0.2) is 0 Å². The molecule has 0 aliphatic heterocycles. The maximum Gasteiger partial charge on any atom is 0.318 e. The van der Waals surface area contributed by atoms with Gasteiger partial charge in [0, 0.05) is 0 Å². The van der Waals surface area contributed by atoms with Crippen LogP contribution in [0.5, 0.6) is 0 Å². The molecule has 0 aromatic rings. The molecule has 0 fully saturated rings. The fourth-order valence-electron chi connectivity index (χ4n) is 0.0351. The van der Waals surface area contributed by atoms with E-state index in [0.717, 1.165) is 0 Å². The third-order valence-corrected chi connectivity index (χ3v) is 0.387. The predicted molar refractivity (Wildman–Crippen MR) is 17.4 cm³/mol. The SMILES string of the molecule is O=CN=S(=O)=O. The first-order valence-corrected chi connectivity index (χ1v) is 2.04. The van der Waals surface area contributed by atoms with Crippen LogP contribution in [-0.4, -0.2) is 14.8 Å². The lowest BCUT2D eigenvalue weighted by atomic mass is 11.5. The summed E-state index contributed by atoms with van der Waals surface area (Å²) in [5, 5.41) is 0.